The Morgan fingerprint density at radius 2 is 2.10 bits per heavy atom. The van der Waals surface area contributed by atoms with Gasteiger partial charge in [-0.15, -0.1) is 0 Å². The topological polar surface area (TPSA) is 34.1 Å². The molecule has 3 nitrogen and oxygen atoms in total. The van der Waals surface area contributed by atoms with Crippen molar-refractivity contribution in [2.24, 2.45) is 0 Å². The number of pyridine rings is 1. The molecule has 2 rings (SSSR count). The van der Waals surface area contributed by atoms with Gasteiger partial charge in [-0.25, -0.2) is 9.37 Å². The lowest BCUT2D eigenvalue weighted by molar-refractivity contribution is 0.459. The molecule has 1 heterocycles. The molecule has 0 aliphatic carbocycles. The molecule has 1 aromatic heterocycles. The molecule has 0 saturated heterocycles. The van der Waals surface area contributed by atoms with Gasteiger partial charge in [-0.3, -0.25) is 0 Å². The highest BCUT2D eigenvalue weighted by Crippen LogP contribution is 2.29. The van der Waals surface area contributed by atoms with E-state index in [1.165, 1.54) is 18.2 Å². The lowest BCUT2D eigenvalue weighted by atomic mass is 10.2. The molecule has 0 aliphatic rings. The first-order valence-corrected chi connectivity index (χ1v) is 7.28. The van der Waals surface area contributed by atoms with Gasteiger partial charge in [0.25, 0.3) is 0 Å². The van der Waals surface area contributed by atoms with Crippen molar-refractivity contribution in [2.75, 3.05) is 6.54 Å². The van der Waals surface area contributed by atoms with Crippen molar-refractivity contribution in [3.8, 4) is 11.6 Å². The molecule has 0 bridgehead atoms. The summed E-state index contributed by atoms with van der Waals surface area (Å²) in [6, 6.07) is 7.77. The fourth-order valence-electron chi connectivity index (χ4n) is 1.88. The molecule has 0 saturated carbocycles. The number of aryl methyl sites for hydroxylation is 1. The van der Waals surface area contributed by atoms with E-state index in [9.17, 15) is 4.39 Å². The van der Waals surface area contributed by atoms with Gasteiger partial charge < -0.3 is 10.1 Å². The van der Waals surface area contributed by atoms with Crippen molar-refractivity contribution in [1.29, 1.82) is 0 Å². The summed E-state index contributed by atoms with van der Waals surface area (Å²) in [5.41, 5.74) is 2.02. The number of ether oxygens (including phenoxy) is 1. The fourth-order valence-corrected chi connectivity index (χ4v) is 2.09. The number of halogens is 2. The Balaban J connectivity index is 2.09. The van der Waals surface area contributed by atoms with Crippen LogP contribution in [0, 0.1) is 12.7 Å². The quantitative estimate of drug-likeness (QED) is 0.799. The van der Waals surface area contributed by atoms with Gasteiger partial charge in [0.15, 0.2) is 0 Å². The highest BCUT2D eigenvalue weighted by Gasteiger charge is 2.07. The smallest absolute Gasteiger partial charge is 0.219 e. The second kappa shape index (κ2) is 7.38. The van der Waals surface area contributed by atoms with E-state index in [2.05, 4.69) is 17.2 Å². The third kappa shape index (κ3) is 4.41. The molecular weight excluding hydrogens is 291 g/mol. The van der Waals surface area contributed by atoms with E-state index < -0.39 is 5.82 Å². The van der Waals surface area contributed by atoms with Crippen LogP contribution in [0.1, 0.15) is 24.6 Å². The lowest BCUT2D eigenvalue weighted by Gasteiger charge is -2.10. The zero-order valence-corrected chi connectivity index (χ0v) is 12.9. The van der Waals surface area contributed by atoms with Crippen LogP contribution in [0.2, 0.25) is 5.02 Å². The van der Waals surface area contributed by atoms with Gasteiger partial charge in [0.2, 0.25) is 5.88 Å². The summed E-state index contributed by atoms with van der Waals surface area (Å²) in [6.07, 6.45) is 1.09. The molecule has 0 amide bonds. The Bertz CT molecular complexity index is 619. The van der Waals surface area contributed by atoms with Gasteiger partial charge in [0.05, 0.1) is 5.02 Å². The Kier molecular flexibility index (Phi) is 5.53. The van der Waals surface area contributed by atoms with Crippen molar-refractivity contribution in [1.82, 2.24) is 10.3 Å². The zero-order chi connectivity index (χ0) is 15.2. The van der Waals surface area contributed by atoms with E-state index in [-0.39, 0.29) is 5.02 Å². The second-order valence-electron chi connectivity index (χ2n) is 4.75. The average molecular weight is 309 g/mol. The predicted octanol–water partition coefficient (Wildman–Crippen LogP) is 4.47. The highest BCUT2D eigenvalue weighted by molar-refractivity contribution is 6.32. The first-order chi connectivity index (χ1) is 10.1. The van der Waals surface area contributed by atoms with E-state index in [0.717, 1.165) is 30.8 Å². The summed E-state index contributed by atoms with van der Waals surface area (Å²) in [6.45, 7) is 5.82. The van der Waals surface area contributed by atoms with Crippen LogP contribution in [0.5, 0.6) is 11.6 Å². The number of rotatable bonds is 6. The maximum atomic E-state index is 13.0. The maximum absolute atomic E-state index is 13.0. The third-order valence-electron chi connectivity index (χ3n) is 3.02. The van der Waals surface area contributed by atoms with E-state index in [1.54, 1.807) is 6.07 Å². The predicted molar refractivity (Wildman–Crippen MR) is 82.5 cm³/mol. The normalized spacial score (nSPS) is 10.7. The third-order valence-corrected chi connectivity index (χ3v) is 3.32. The van der Waals surface area contributed by atoms with Crippen LogP contribution in [-0.4, -0.2) is 11.5 Å². The van der Waals surface area contributed by atoms with E-state index in [0.29, 0.717) is 11.6 Å². The molecule has 0 aliphatic heterocycles. The van der Waals surface area contributed by atoms with Gasteiger partial charge in [0.1, 0.15) is 11.6 Å². The van der Waals surface area contributed by atoms with Crippen LogP contribution < -0.4 is 10.1 Å². The van der Waals surface area contributed by atoms with Crippen LogP contribution in [0.4, 0.5) is 4.39 Å². The number of hydrogen-bond acceptors (Lipinski definition) is 3. The first kappa shape index (κ1) is 15.7. The molecule has 1 N–H and O–H groups in total. The monoisotopic (exact) mass is 308 g/mol. The summed E-state index contributed by atoms with van der Waals surface area (Å²) >= 11 is 5.93. The van der Waals surface area contributed by atoms with Crippen LogP contribution in [0.15, 0.2) is 30.3 Å². The SMILES string of the molecule is CCCNCc1ccc(Oc2ccc(F)cc2Cl)nc1C. The minimum Gasteiger partial charge on any atom is -0.437 e. The minimum atomic E-state index is -0.395. The average Bonchev–Trinajstić information content (AvgIpc) is 2.44. The van der Waals surface area contributed by atoms with Crippen LogP contribution in [-0.2, 0) is 6.54 Å². The minimum absolute atomic E-state index is 0.225. The van der Waals surface area contributed by atoms with Crippen LogP contribution >= 0.6 is 11.6 Å². The zero-order valence-electron chi connectivity index (χ0n) is 12.1. The van der Waals surface area contributed by atoms with E-state index in [1.807, 2.05) is 13.0 Å². The van der Waals surface area contributed by atoms with E-state index in [4.69, 9.17) is 16.3 Å². The Hall–Kier alpha value is -1.65. The molecule has 0 atom stereocenters. The molecule has 0 radical (unpaired) electrons. The van der Waals surface area contributed by atoms with Gasteiger partial charge in [0, 0.05) is 18.3 Å². The molecule has 112 valence electrons. The molecule has 21 heavy (non-hydrogen) atoms. The summed E-state index contributed by atoms with van der Waals surface area (Å²) in [4.78, 5) is 4.40. The summed E-state index contributed by atoms with van der Waals surface area (Å²) in [7, 11) is 0. The van der Waals surface area contributed by atoms with Crippen molar-refractivity contribution in [2.45, 2.75) is 26.8 Å². The molecule has 1 aromatic carbocycles. The standard InChI is InChI=1S/C16H18ClFN2O/c1-3-8-19-10-12-4-7-16(20-11(12)2)21-15-6-5-13(18)9-14(15)17/h4-7,9,19H,3,8,10H2,1-2H3. The molecule has 5 heteroatoms. The maximum Gasteiger partial charge on any atom is 0.219 e. The molecular formula is C16H18ClFN2O. The van der Waals surface area contributed by atoms with Gasteiger partial charge in [-0.1, -0.05) is 24.6 Å². The summed E-state index contributed by atoms with van der Waals surface area (Å²) < 4.78 is 18.6. The largest absolute Gasteiger partial charge is 0.437 e. The molecule has 0 fully saturated rings. The van der Waals surface area contributed by atoms with Gasteiger partial charge >= 0.3 is 0 Å². The van der Waals surface area contributed by atoms with Gasteiger partial charge in [-0.2, -0.15) is 0 Å². The lowest BCUT2D eigenvalue weighted by Crippen LogP contribution is -2.15. The van der Waals surface area contributed by atoms with Crippen LogP contribution in [0.3, 0.4) is 0 Å². The second-order valence-corrected chi connectivity index (χ2v) is 5.15. The van der Waals surface area contributed by atoms with Gasteiger partial charge in [-0.05, 0) is 43.7 Å². The van der Waals surface area contributed by atoms with Crippen molar-refractivity contribution in [3.63, 3.8) is 0 Å². The molecule has 0 spiro atoms. The Labute approximate surface area is 129 Å². The van der Waals surface area contributed by atoms with Crippen LogP contribution in [0.25, 0.3) is 0 Å². The van der Waals surface area contributed by atoms with Crippen molar-refractivity contribution >= 4 is 11.6 Å². The van der Waals surface area contributed by atoms with E-state index >= 15 is 0 Å². The van der Waals surface area contributed by atoms with Crippen molar-refractivity contribution < 1.29 is 9.13 Å². The highest BCUT2D eigenvalue weighted by atomic mass is 35.5. The Morgan fingerprint density at radius 3 is 2.76 bits per heavy atom. The Morgan fingerprint density at radius 1 is 1.29 bits per heavy atom. The first-order valence-electron chi connectivity index (χ1n) is 6.90. The number of nitrogens with zero attached hydrogens (tertiary/aromatic N) is 1. The molecule has 0 unspecified atom stereocenters. The number of aromatic nitrogens is 1. The van der Waals surface area contributed by atoms with Crippen molar-refractivity contribution in [3.05, 3.63) is 52.4 Å². The summed E-state index contributed by atoms with van der Waals surface area (Å²) in [5.74, 6) is 0.441. The number of nitrogens with one attached hydrogen (secondary N) is 1. The number of hydrogen-bond donors (Lipinski definition) is 1. The molecule has 2 aromatic rings. The fraction of sp³-hybridized carbons (Fsp3) is 0.312. The number of benzene rings is 1. The summed E-state index contributed by atoms with van der Waals surface area (Å²) in [5, 5.41) is 3.56.